The van der Waals surface area contributed by atoms with Gasteiger partial charge in [-0.05, 0) is 19.5 Å². The van der Waals surface area contributed by atoms with Gasteiger partial charge in [-0.25, -0.2) is 17.9 Å². The largest absolute Gasteiger partial charge is 0.480 e. The molecule has 1 unspecified atom stereocenters. The van der Waals surface area contributed by atoms with Crippen LogP contribution in [0.5, 0.6) is 0 Å². The molecule has 8 nitrogen and oxygen atoms in total. The summed E-state index contributed by atoms with van der Waals surface area (Å²) in [5.74, 6) is -1.87. The number of rotatable bonds is 7. The zero-order valence-corrected chi connectivity index (χ0v) is 12.5. The van der Waals surface area contributed by atoms with Gasteiger partial charge >= 0.3 is 5.97 Å². The van der Waals surface area contributed by atoms with Gasteiger partial charge in [0.25, 0.3) is 5.91 Å². The fourth-order valence-electron chi connectivity index (χ4n) is 1.65. The van der Waals surface area contributed by atoms with Crippen LogP contribution in [0.3, 0.4) is 0 Å². The molecule has 1 heterocycles. The summed E-state index contributed by atoms with van der Waals surface area (Å²) in [6.07, 6.45) is 2.71. The van der Waals surface area contributed by atoms with Crippen LogP contribution in [0.4, 0.5) is 0 Å². The summed E-state index contributed by atoms with van der Waals surface area (Å²) < 4.78 is 26.8. The number of carbonyl (C=O) groups is 2. The summed E-state index contributed by atoms with van der Waals surface area (Å²) in [6.45, 7) is 3.42. The molecule has 1 aromatic rings. The maximum Gasteiger partial charge on any atom is 0.326 e. The van der Waals surface area contributed by atoms with Crippen LogP contribution in [-0.2, 0) is 21.9 Å². The summed E-state index contributed by atoms with van der Waals surface area (Å²) in [5, 5.41) is 11.3. The van der Waals surface area contributed by atoms with E-state index in [-0.39, 0.29) is 17.0 Å². The lowest BCUT2D eigenvalue weighted by Crippen LogP contribution is -2.41. The lowest BCUT2D eigenvalue weighted by atomic mass is 10.2. The monoisotopic (exact) mass is 315 g/mol. The van der Waals surface area contributed by atoms with E-state index in [1.165, 1.54) is 37.0 Å². The second kappa shape index (κ2) is 6.55. The third-order valence-electron chi connectivity index (χ3n) is 2.80. The van der Waals surface area contributed by atoms with Crippen molar-refractivity contribution in [3.8, 4) is 0 Å². The number of nitrogens with one attached hydrogen (secondary N) is 2. The highest BCUT2D eigenvalue weighted by Gasteiger charge is 2.23. The molecule has 0 spiro atoms. The quantitative estimate of drug-likeness (QED) is 0.597. The molecule has 0 aromatic carbocycles. The van der Waals surface area contributed by atoms with Crippen LogP contribution in [-0.4, -0.2) is 43.1 Å². The third-order valence-corrected chi connectivity index (χ3v) is 4.18. The Labute approximate surface area is 122 Å². The topological polar surface area (TPSA) is 117 Å². The van der Waals surface area contributed by atoms with Gasteiger partial charge in [-0.2, -0.15) is 0 Å². The number of carbonyl (C=O) groups excluding carboxylic acids is 1. The zero-order valence-electron chi connectivity index (χ0n) is 11.7. The van der Waals surface area contributed by atoms with Crippen LogP contribution in [0.1, 0.15) is 16.9 Å². The van der Waals surface area contributed by atoms with Gasteiger partial charge in [-0.15, -0.1) is 6.58 Å². The second-order valence-corrected chi connectivity index (χ2v) is 6.15. The minimum atomic E-state index is -3.67. The summed E-state index contributed by atoms with van der Waals surface area (Å²) in [4.78, 5) is 22.9. The predicted octanol–water partition coefficient (Wildman–Crippen LogP) is -0.308. The molecule has 1 atom stereocenters. The Bertz CT molecular complexity index is 662. The average molecular weight is 315 g/mol. The van der Waals surface area contributed by atoms with Gasteiger partial charge in [0, 0.05) is 13.2 Å². The Hall–Kier alpha value is -2.13. The highest BCUT2D eigenvalue weighted by atomic mass is 32.2. The SMILES string of the molecule is C=CCC(NC(=O)c1cc(S(=O)(=O)NC)cn1C)C(=O)O. The van der Waals surface area contributed by atoms with E-state index in [2.05, 4.69) is 16.6 Å². The summed E-state index contributed by atoms with van der Waals surface area (Å²) >= 11 is 0. The van der Waals surface area contributed by atoms with Gasteiger partial charge in [-0.1, -0.05) is 6.08 Å². The molecule has 3 N–H and O–H groups in total. The van der Waals surface area contributed by atoms with E-state index in [1.54, 1.807) is 0 Å². The van der Waals surface area contributed by atoms with Crippen molar-refractivity contribution in [2.24, 2.45) is 7.05 Å². The average Bonchev–Trinajstić information content (AvgIpc) is 2.81. The van der Waals surface area contributed by atoms with Crippen LogP contribution in [0.15, 0.2) is 29.8 Å². The summed E-state index contributed by atoms with van der Waals surface area (Å²) in [7, 11) is -0.922. The number of nitrogens with zero attached hydrogens (tertiary/aromatic N) is 1. The molecule has 1 rings (SSSR count). The molecule has 0 radical (unpaired) electrons. The van der Waals surface area contributed by atoms with Crippen molar-refractivity contribution in [3.05, 3.63) is 30.6 Å². The number of hydrogen-bond donors (Lipinski definition) is 3. The van der Waals surface area contributed by atoms with Crippen LogP contribution >= 0.6 is 0 Å². The van der Waals surface area contributed by atoms with E-state index in [0.717, 1.165) is 0 Å². The maximum absolute atomic E-state index is 12.0. The first-order valence-corrected chi connectivity index (χ1v) is 7.45. The van der Waals surface area contributed by atoms with Crippen LogP contribution < -0.4 is 10.0 Å². The first kappa shape index (κ1) is 16.9. The molecule has 0 saturated carbocycles. The van der Waals surface area contributed by atoms with E-state index in [0.29, 0.717) is 0 Å². The first-order chi connectivity index (χ1) is 9.72. The number of amides is 1. The van der Waals surface area contributed by atoms with Crippen molar-refractivity contribution >= 4 is 21.9 Å². The van der Waals surface area contributed by atoms with E-state index in [1.807, 2.05) is 0 Å². The van der Waals surface area contributed by atoms with Crippen LogP contribution in [0, 0.1) is 0 Å². The normalized spacial score (nSPS) is 12.7. The molecule has 0 aliphatic heterocycles. The van der Waals surface area contributed by atoms with Crippen molar-refractivity contribution in [2.45, 2.75) is 17.4 Å². The van der Waals surface area contributed by atoms with Crippen molar-refractivity contribution in [1.29, 1.82) is 0 Å². The fourth-order valence-corrected chi connectivity index (χ4v) is 2.44. The first-order valence-electron chi connectivity index (χ1n) is 5.97. The van der Waals surface area contributed by atoms with Gasteiger partial charge in [-0.3, -0.25) is 4.79 Å². The molecule has 1 aromatic heterocycles. The van der Waals surface area contributed by atoms with Gasteiger partial charge in [0.05, 0.1) is 0 Å². The number of aryl methyl sites for hydroxylation is 1. The number of carboxylic acid groups (broad SMARTS) is 1. The number of carboxylic acids is 1. The lowest BCUT2D eigenvalue weighted by molar-refractivity contribution is -0.139. The van der Waals surface area contributed by atoms with Gasteiger partial charge in [0.1, 0.15) is 16.6 Å². The highest BCUT2D eigenvalue weighted by molar-refractivity contribution is 7.89. The molecule has 0 aliphatic carbocycles. The Kier molecular flexibility index (Phi) is 5.28. The second-order valence-electron chi connectivity index (χ2n) is 4.27. The van der Waals surface area contributed by atoms with Crippen molar-refractivity contribution in [1.82, 2.24) is 14.6 Å². The third kappa shape index (κ3) is 3.92. The van der Waals surface area contributed by atoms with Gasteiger partial charge < -0.3 is 15.0 Å². The van der Waals surface area contributed by atoms with Crippen molar-refractivity contribution < 1.29 is 23.1 Å². The molecule has 0 fully saturated rings. The van der Waals surface area contributed by atoms with Crippen molar-refractivity contribution in [3.63, 3.8) is 0 Å². The molecule has 21 heavy (non-hydrogen) atoms. The van der Waals surface area contributed by atoms with E-state index < -0.39 is 27.9 Å². The zero-order chi connectivity index (χ0) is 16.2. The van der Waals surface area contributed by atoms with Crippen molar-refractivity contribution in [2.75, 3.05) is 7.05 Å². The molecular weight excluding hydrogens is 298 g/mol. The minimum absolute atomic E-state index is 0.0409. The molecule has 0 saturated heterocycles. The van der Waals surface area contributed by atoms with Crippen LogP contribution in [0.25, 0.3) is 0 Å². The number of sulfonamides is 1. The number of aromatic nitrogens is 1. The molecule has 116 valence electrons. The Balaban J connectivity index is 3.03. The van der Waals surface area contributed by atoms with E-state index >= 15 is 0 Å². The standard InChI is InChI=1S/C12H17N3O5S/c1-4-5-9(12(17)18)14-11(16)10-6-8(7-15(10)3)21(19,20)13-2/h4,6-7,9,13H,1,5H2,2-3H3,(H,14,16)(H,17,18). The Morgan fingerprint density at radius 3 is 2.62 bits per heavy atom. The minimum Gasteiger partial charge on any atom is -0.480 e. The highest BCUT2D eigenvalue weighted by Crippen LogP contribution is 2.13. The molecule has 9 heteroatoms. The van der Waals surface area contributed by atoms with Crippen LogP contribution in [0.2, 0.25) is 0 Å². The van der Waals surface area contributed by atoms with Gasteiger partial charge in [0.2, 0.25) is 10.0 Å². The lowest BCUT2D eigenvalue weighted by Gasteiger charge is -2.12. The number of aliphatic carboxylic acids is 1. The summed E-state index contributed by atoms with van der Waals surface area (Å²) in [5.41, 5.74) is 0.0409. The predicted molar refractivity (Wildman–Crippen MR) is 75.4 cm³/mol. The smallest absolute Gasteiger partial charge is 0.326 e. The molecule has 0 bridgehead atoms. The van der Waals surface area contributed by atoms with Gasteiger partial charge in [0.15, 0.2) is 0 Å². The van der Waals surface area contributed by atoms with E-state index in [4.69, 9.17) is 5.11 Å². The Morgan fingerprint density at radius 1 is 1.52 bits per heavy atom. The molecule has 0 aliphatic rings. The Morgan fingerprint density at radius 2 is 2.14 bits per heavy atom. The molecule has 1 amide bonds. The van der Waals surface area contributed by atoms with E-state index in [9.17, 15) is 18.0 Å². The fraction of sp³-hybridized carbons (Fsp3) is 0.333. The maximum atomic E-state index is 12.0. The molecular formula is C12H17N3O5S. The number of hydrogen-bond acceptors (Lipinski definition) is 4. The summed E-state index contributed by atoms with van der Waals surface area (Å²) in [6, 6.07) is 0.0582.